The summed E-state index contributed by atoms with van der Waals surface area (Å²) in [4.78, 5) is 9.11. The van der Waals surface area contributed by atoms with Crippen molar-refractivity contribution in [3.05, 3.63) is 48.5 Å². The highest BCUT2D eigenvalue weighted by molar-refractivity contribution is 5.33. The Hall–Kier alpha value is -1.85. The Morgan fingerprint density at radius 1 is 1.24 bits per heavy atom. The molecule has 1 aliphatic rings. The molecule has 0 radical (unpaired) electrons. The molecular weight excluding hydrogens is 312 g/mol. The van der Waals surface area contributed by atoms with Crippen LogP contribution in [0.3, 0.4) is 0 Å². The first-order valence-electron chi connectivity index (χ1n) is 9.35. The Balaban J connectivity index is 1.51. The first-order valence-corrected chi connectivity index (χ1v) is 9.35. The number of aromatic nitrogens is 2. The van der Waals surface area contributed by atoms with Crippen LogP contribution in [0.15, 0.2) is 43.0 Å². The van der Waals surface area contributed by atoms with Crippen LogP contribution in [0, 0.1) is 0 Å². The summed E-state index contributed by atoms with van der Waals surface area (Å²) < 4.78 is 8.17. The average molecular weight is 342 g/mol. The number of piperazine rings is 1. The van der Waals surface area contributed by atoms with Crippen molar-refractivity contribution in [2.24, 2.45) is 0 Å². The number of nitrogens with zero attached hydrogens (tertiary/aromatic N) is 4. The Morgan fingerprint density at radius 3 is 2.92 bits per heavy atom. The molecule has 5 nitrogen and oxygen atoms in total. The van der Waals surface area contributed by atoms with Crippen LogP contribution in [0.5, 0.6) is 5.75 Å². The molecule has 2 heterocycles. The summed E-state index contributed by atoms with van der Waals surface area (Å²) in [5.41, 5.74) is 1.30. The molecule has 1 atom stereocenters. The van der Waals surface area contributed by atoms with E-state index in [0.717, 1.165) is 51.5 Å². The molecule has 1 saturated heterocycles. The standard InChI is InChI=1S/C20H30N4O/c1-3-19-16-24(13-12-22(19)2)15-18-7-4-5-8-20(18)25-14-6-10-23-11-9-21-17-23/h4-5,7-9,11,17,19H,3,6,10,12-16H2,1-2H3/t19-/m0/s1. The lowest BCUT2D eigenvalue weighted by Crippen LogP contribution is -2.50. The topological polar surface area (TPSA) is 33.5 Å². The monoisotopic (exact) mass is 342 g/mol. The largest absolute Gasteiger partial charge is 0.493 e. The predicted molar refractivity (Wildman–Crippen MR) is 101 cm³/mol. The summed E-state index contributed by atoms with van der Waals surface area (Å²) in [7, 11) is 2.24. The highest BCUT2D eigenvalue weighted by Crippen LogP contribution is 2.22. The molecule has 3 rings (SSSR count). The van der Waals surface area contributed by atoms with Crippen molar-refractivity contribution >= 4 is 0 Å². The highest BCUT2D eigenvalue weighted by Gasteiger charge is 2.23. The maximum Gasteiger partial charge on any atom is 0.123 e. The van der Waals surface area contributed by atoms with Gasteiger partial charge in [0.05, 0.1) is 12.9 Å². The van der Waals surface area contributed by atoms with E-state index in [-0.39, 0.29) is 0 Å². The predicted octanol–water partition coefficient (Wildman–Crippen LogP) is 2.88. The van der Waals surface area contributed by atoms with Gasteiger partial charge in [-0.3, -0.25) is 4.90 Å². The van der Waals surface area contributed by atoms with E-state index in [1.165, 1.54) is 12.0 Å². The van der Waals surface area contributed by atoms with Crippen molar-refractivity contribution in [1.82, 2.24) is 19.4 Å². The summed E-state index contributed by atoms with van der Waals surface area (Å²) in [6.07, 6.45) is 7.85. The van der Waals surface area contributed by atoms with Gasteiger partial charge in [0, 0.05) is 56.7 Å². The molecular formula is C20H30N4O. The molecule has 5 heteroatoms. The number of benzene rings is 1. The summed E-state index contributed by atoms with van der Waals surface area (Å²) in [6.45, 7) is 8.34. The van der Waals surface area contributed by atoms with Crippen LogP contribution in [0.2, 0.25) is 0 Å². The summed E-state index contributed by atoms with van der Waals surface area (Å²) >= 11 is 0. The molecule has 0 saturated carbocycles. The van der Waals surface area contributed by atoms with Gasteiger partial charge in [0.1, 0.15) is 5.75 Å². The Bertz CT molecular complexity index is 628. The molecule has 136 valence electrons. The van der Waals surface area contributed by atoms with Crippen molar-refractivity contribution in [3.8, 4) is 5.75 Å². The van der Waals surface area contributed by atoms with Gasteiger partial charge in [-0.1, -0.05) is 25.1 Å². The normalized spacial score (nSPS) is 19.2. The number of para-hydroxylation sites is 1. The van der Waals surface area contributed by atoms with E-state index in [9.17, 15) is 0 Å². The van der Waals surface area contributed by atoms with Gasteiger partial charge in [0.2, 0.25) is 0 Å². The van der Waals surface area contributed by atoms with E-state index in [1.54, 1.807) is 0 Å². The number of hydrogen-bond donors (Lipinski definition) is 0. The van der Waals surface area contributed by atoms with Gasteiger partial charge >= 0.3 is 0 Å². The zero-order valence-electron chi connectivity index (χ0n) is 15.5. The van der Waals surface area contributed by atoms with Crippen LogP contribution in [0.1, 0.15) is 25.3 Å². The van der Waals surface area contributed by atoms with E-state index in [4.69, 9.17) is 4.74 Å². The number of imidazole rings is 1. The molecule has 0 bridgehead atoms. The molecule has 1 aromatic heterocycles. The molecule has 0 amide bonds. The second kappa shape index (κ2) is 9.02. The van der Waals surface area contributed by atoms with Crippen molar-refractivity contribution in [3.63, 3.8) is 0 Å². The lowest BCUT2D eigenvalue weighted by atomic mass is 10.1. The number of ether oxygens (including phenoxy) is 1. The van der Waals surface area contributed by atoms with E-state index < -0.39 is 0 Å². The summed E-state index contributed by atoms with van der Waals surface area (Å²) in [5.74, 6) is 1.03. The summed E-state index contributed by atoms with van der Waals surface area (Å²) in [6, 6.07) is 9.14. The fraction of sp³-hybridized carbons (Fsp3) is 0.550. The zero-order chi connectivity index (χ0) is 17.5. The van der Waals surface area contributed by atoms with Crippen LogP contribution in [0.25, 0.3) is 0 Å². The number of aryl methyl sites for hydroxylation is 1. The first-order chi connectivity index (χ1) is 12.3. The number of likely N-dealkylation sites (N-methyl/N-ethyl adjacent to an activating group) is 1. The molecule has 0 aliphatic carbocycles. The molecule has 25 heavy (non-hydrogen) atoms. The van der Waals surface area contributed by atoms with Gasteiger partial charge in [0.25, 0.3) is 0 Å². The molecule has 2 aromatic rings. The minimum Gasteiger partial charge on any atom is -0.493 e. The highest BCUT2D eigenvalue weighted by atomic mass is 16.5. The molecule has 0 unspecified atom stereocenters. The number of hydrogen-bond acceptors (Lipinski definition) is 4. The SMILES string of the molecule is CC[C@H]1CN(Cc2ccccc2OCCCn2ccnc2)CCN1C. The molecule has 1 fully saturated rings. The third-order valence-corrected chi connectivity index (χ3v) is 5.08. The minimum absolute atomic E-state index is 0.664. The van der Waals surface area contributed by atoms with Crippen LogP contribution < -0.4 is 4.74 Å². The Morgan fingerprint density at radius 2 is 2.12 bits per heavy atom. The van der Waals surface area contributed by atoms with E-state index >= 15 is 0 Å². The molecule has 1 aliphatic heterocycles. The lowest BCUT2D eigenvalue weighted by Gasteiger charge is -2.39. The molecule has 0 N–H and O–H groups in total. The van der Waals surface area contributed by atoms with Crippen LogP contribution in [-0.2, 0) is 13.1 Å². The van der Waals surface area contributed by atoms with Gasteiger partial charge < -0.3 is 14.2 Å². The van der Waals surface area contributed by atoms with E-state index in [2.05, 4.69) is 57.6 Å². The van der Waals surface area contributed by atoms with Crippen molar-refractivity contribution in [2.75, 3.05) is 33.3 Å². The number of rotatable bonds is 8. The quantitative estimate of drug-likeness (QED) is 0.691. The average Bonchev–Trinajstić information content (AvgIpc) is 3.15. The smallest absolute Gasteiger partial charge is 0.123 e. The zero-order valence-corrected chi connectivity index (χ0v) is 15.5. The second-order valence-electron chi connectivity index (χ2n) is 6.89. The van der Waals surface area contributed by atoms with Crippen LogP contribution in [-0.4, -0.2) is 58.7 Å². The third-order valence-electron chi connectivity index (χ3n) is 5.08. The Labute approximate surface area is 151 Å². The third kappa shape index (κ3) is 5.06. The van der Waals surface area contributed by atoms with E-state index in [1.807, 2.05) is 18.7 Å². The van der Waals surface area contributed by atoms with Crippen molar-refractivity contribution < 1.29 is 4.74 Å². The van der Waals surface area contributed by atoms with E-state index in [0.29, 0.717) is 6.04 Å². The lowest BCUT2D eigenvalue weighted by molar-refractivity contribution is 0.0876. The van der Waals surface area contributed by atoms with Gasteiger partial charge in [-0.25, -0.2) is 4.98 Å². The van der Waals surface area contributed by atoms with Gasteiger partial charge in [-0.15, -0.1) is 0 Å². The van der Waals surface area contributed by atoms with Crippen molar-refractivity contribution in [2.45, 2.75) is 38.9 Å². The fourth-order valence-electron chi connectivity index (χ4n) is 3.46. The van der Waals surface area contributed by atoms with Crippen LogP contribution >= 0.6 is 0 Å². The maximum atomic E-state index is 6.08. The minimum atomic E-state index is 0.664. The van der Waals surface area contributed by atoms with Crippen molar-refractivity contribution in [1.29, 1.82) is 0 Å². The summed E-state index contributed by atoms with van der Waals surface area (Å²) in [5, 5.41) is 0. The van der Waals surface area contributed by atoms with Gasteiger partial charge in [-0.2, -0.15) is 0 Å². The van der Waals surface area contributed by atoms with Crippen LogP contribution in [0.4, 0.5) is 0 Å². The van der Waals surface area contributed by atoms with Gasteiger partial charge in [0.15, 0.2) is 0 Å². The molecule has 0 spiro atoms. The first kappa shape index (κ1) is 18.0. The fourth-order valence-corrected chi connectivity index (χ4v) is 3.46. The van der Waals surface area contributed by atoms with Gasteiger partial charge in [-0.05, 0) is 26.0 Å². The maximum absolute atomic E-state index is 6.08. The molecule has 1 aromatic carbocycles. The Kier molecular flexibility index (Phi) is 6.48. The second-order valence-corrected chi connectivity index (χ2v) is 6.89.